The molecule has 0 spiro atoms. The molecule has 1 aromatic rings. The molecule has 0 bridgehead atoms. The van der Waals surface area contributed by atoms with Crippen molar-refractivity contribution in [1.82, 2.24) is 9.62 Å². The predicted octanol–water partition coefficient (Wildman–Crippen LogP) is 3.05. The van der Waals surface area contributed by atoms with Crippen LogP contribution >= 0.6 is 27.3 Å². The number of carbonyl (C=O) groups is 1. The molecule has 1 fully saturated rings. The SMILES string of the molecule is CC(C)(C)OC(=O)N1CC[C@@H](CNS(=O)(=O)c2ccc(Br)s2)C1. The molecule has 0 radical (unpaired) electrons. The van der Waals surface area contributed by atoms with E-state index in [1.54, 1.807) is 17.0 Å². The third kappa shape index (κ3) is 5.44. The van der Waals surface area contributed by atoms with Crippen molar-refractivity contribution < 1.29 is 17.9 Å². The fraction of sp³-hybridized carbons (Fsp3) is 0.643. The Morgan fingerprint density at radius 2 is 2.17 bits per heavy atom. The Labute approximate surface area is 149 Å². The molecule has 1 amide bonds. The number of hydrogen-bond acceptors (Lipinski definition) is 5. The Balaban J connectivity index is 1.85. The van der Waals surface area contributed by atoms with E-state index in [1.165, 1.54) is 11.3 Å². The molecule has 1 aliphatic rings. The topological polar surface area (TPSA) is 75.7 Å². The largest absolute Gasteiger partial charge is 0.444 e. The van der Waals surface area contributed by atoms with Crippen LogP contribution in [0.3, 0.4) is 0 Å². The van der Waals surface area contributed by atoms with Crippen molar-refractivity contribution in [3.8, 4) is 0 Å². The number of nitrogens with zero attached hydrogens (tertiary/aromatic N) is 1. The average molecular weight is 425 g/mol. The highest BCUT2D eigenvalue weighted by molar-refractivity contribution is 9.11. The Bertz CT molecular complexity index is 667. The van der Waals surface area contributed by atoms with Gasteiger partial charge in [0.1, 0.15) is 9.81 Å². The minimum absolute atomic E-state index is 0.0979. The van der Waals surface area contributed by atoms with E-state index in [2.05, 4.69) is 20.7 Å². The van der Waals surface area contributed by atoms with Gasteiger partial charge in [-0.3, -0.25) is 0 Å². The van der Waals surface area contributed by atoms with Gasteiger partial charge in [0, 0.05) is 19.6 Å². The van der Waals surface area contributed by atoms with Gasteiger partial charge in [-0.25, -0.2) is 17.9 Å². The number of likely N-dealkylation sites (tertiary alicyclic amines) is 1. The van der Waals surface area contributed by atoms with E-state index in [0.29, 0.717) is 19.6 Å². The van der Waals surface area contributed by atoms with Gasteiger partial charge in [0.2, 0.25) is 10.0 Å². The average Bonchev–Trinajstić information content (AvgIpc) is 3.03. The minimum atomic E-state index is -3.49. The second-order valence-electron chi connectivity index (χ2n) is 6.49. The highest BCUT2D eigenvalue weighted by Crippen LogP contribution is 2.26. The predicted molar refractivity (Wildman–Crippen MR) is 93.1 cm³/mol. The third-order valence-electron chi connectivity index (χ3n) is 3.31. The molecule has 0 aliphatic carbocycles. The van der Waals surface area contributed by atoms with Crippen molar-refractivity contribution in [3.05, 3.63) is 15.9 Å². The summed E-state index contributed by atoms with van der Waals surface area (Å²) >= 11 is 4.43. The van der Waals surface area contributed by atoms with Crippen LogP contribution in [0.1, 0.15) is 27.2 Å². The second-order valence-corrected chi connectivity index (χ2v) is 10.9. The quantitative estimate of drug-likeness (QED) is 0.805. The normalized spacial score (nSPS) is 19.1. The number of ether oxygens (including phenoxy) is 1. The van der Waals surface area contributed by atoms with Crippen LogP contribution in [-0.4, -0.2) is 44.6 Å². The van der Waals surface area contributed by atoms with E-state index in [9.17, 15) is 13.2 Å². The molecule has 1 aromatic heterocycles. The lowest BCUT2D eigenvalue weighted by atomic mass is 10.1. The van der Waals surface area contributed by atoms with Crippen LogP contribution in [0.4, 0.5) is 4.79 Å². The van der Waals surface area contributed by atoms with Gasteiger partial charge in [-0.05, 0) is 61.2 Å². The van der Waals surface area contributed by atoms with Crippen molar-refractivity contribution in [1.29, 1.82) is 0 Å². The summed E-state index contributed by atoms with van der Waals surface area (Å²) in [4.78, 5) is 13.6. The van der Waals surface area contributed by atoms with E-state index in [0.717, 1.165) is 10.2 Å². The third-order valence-corrected chi connectivity index (χ3v) is 6.85. The first kappa shape index (κ1) is 18.7. The lowest BCUT2D eigenvalue weighted by molar-refractivity contribution is 0.0288. The molecule has 1 saturated heterocycles. The van der Waals surface area contributed by atoms with Crippen LogP contribution in [-0.2, 0) is 14.8 Å². The molecule has 2 rings (SSSR count). The van der Waals surface area contributed by atoms with Crippen LogP contribution < -0.4 is 4.72 Å². The maximum absolute atomic E-state index is 12.2. The fourth-order valence-corrected chi connectivity index (χ4v) is 5.40. The number of carbonyl (C=O) groups excluding carboxylic acids is 1. The molecular weight excluding hydrogens is 404 g/mol. The van der Waals surface area contributed by atoms with Crippen LogP contribution in [0, 0.1) is 5.92 Å². The van der Waals surface area contributed by atoms with E-state index in [1.807, 2.05) is 20.8 Å². The van der Waals surface area contributed by atoms with Gasteiger partial charge in [-0.15, -0.1) is 11.3 Å². The smallest absolute Gasteiger partial charge is 0.410 e. The number of amides is 1. The fourth-order valence-electron chi connectivity index (χ4n) is 2.23. The standard InChI is InChI=1S/C14H21BrN2O4S2/c1-14(2,3)21-13(18)17-7-6-10(9-17)8-16-23(19,20)12-5-4-11(15)22-12/h4-5,10,16H,6-9H2,1-3H3/t10-/m0/s1. The van der Waals surface area contributed by atoms with Gasteiger partial charge in [0.05, 0.1) is 3.79 Å². The highest BCUT2D eigenvalue weighted by atomic mass is 79.9. The number of rotatable bonds is 4. The Kier molecular flexibility index (Phi) is 5.76. The first-order chi connectivity index (χ1) is 10.6. The Hall–Kier alpha value is -0.640. The Morgan fingerprint density at radius 1 is 1.48 bits per heavy atom. The van der Waals surface area contributed by atoms with Crippen molar-refractivity contribution in [2.24, 2.45) is 5.92 Å². The number of thiophene rings is 1. The molecule has 2 heterocycles. The van der Waals surface area contributed by atoms with Gasteiger partial charge < -0.3 is 9.64 Å². The van der Waals surface area contributed by atoms with Crippen molar-refractivity contribution in [3.63, 3.8) is 0 Å². The summed E-state index contributed by atoms with van der Waals surface area (Å²) in [6.07, 6.45) is 0.417. The molecule has 1 N–H and O–H groups in total. The highest BCUT2D eigenvalue weighted by Gasteiger charge is 2.30. The summed E-state index contributed by atoms with van der Waals surface area (Å²) < 4.78 is 33.4. The van der Waals surface area contributed by atoms with Crippen molar-refractivity contribution in [2.75, 3.05) is 19.6 Å². The van der Waals surface area contributed by atoms with Gasteiger partial charge in [0.15, 0.2) is 0 Å². The molecule has 9 heteroatoms. The first-order valence-electron chi connectivity index (χ1n) is 7.30. The molecular formula is C14H21BrN2O4S2. The summed E-state index contributed by atoms with van der Waals surface area (Å²) in [5, 5.41) is 0. The van der Waals surface area contributed by atoms with Crippen LogP contribution in [0.5, 0.6) is 0 Å². The molecule has 6 nitrogen and oxygen atoms in total. The van der Waals surface area contributed by atoms with Gasteiger partial charge in [0.25, 0.3) is 0 Å². The summed E-state index contributed by atoms with van der Waals surface area (Å²) in [5.41, 5.74) is -0.524. The summed E-state index contributed by atoms with van der Waals surface area (Å²) in [5.74, 6) is 0.0979. The zero-order valence-corrected chi connectivity index (χ0v) is 16.6. The second kappa shape index (κ2) is 7.08. The van der Waals surface area contributed by atoms with Gasteiger partial charge in [-0.2, -0.15) is 0 Å². The molecule has 23 heavy (non-hydrogen) atoms. The molecule has 0 saturated carbocycles. The maximum Gasteiger partial charge on any atom is 0.410 e. The van der Waals surface area contributed by atoms with Crippen molar-refractivity contribution in [2.45, 2.75) is 37.0 Å². The van der Waals surface area contributed by atoms with Crippen LogP contribution in [0.25, 0.3) is 0 Å². The van der Waals surface area contributed by atoms with E-state index >= 15 is 0 Å². The molecule has 130 valence electrons. The van der Waals surface area contributed by atoms with Gasteiger partial charge >= 0.3 is 6.09 Å². The van der Waals surface area contributed by atoms with E-state index < -0.39 is 15.6 Å². The van der Waals surface area contributed by atoms with Crippen LogP contribution in [0.15, 0.2) is 20.1 Å². The number of halogens is 1. The summed E-state index contributed by atoms with van der Waals surface area (Å²) in [6, 6.07) is 3.28. The van der Waals surface area contributed by atoms with Crippen molar-refractivity contribution >= 4 is 43.4 Å². The number of hydrogen-bond donors (Lipinski definition) is 1. The zero-order valence-electron chi connectivity index (χ0n) is 13.3. The lowest BCUT2D eigenvalue weighted by Crippen LogP contribution is -2.36. The summed E-state index contributed by atoms with van der Waals surface area (Å²) in [6.45, 7) is 6.89. The Morgan fingerprint density at radius 3 is 2.74 bits per heavy atom. The maximum atomic E-state index is 12.2. The number of nitrogens with one attached hydrogen (secondary N) is 1. The minimum Gasteiger partial charge on any atom is -0.444 e. The number of sulfonamides is 1. The molecule has 1 aliphatic heterocycles. The van der Waals surface area contributed by atoms with Gasteiger partial charge in [-0.1, -0.05) is 0 Å². The first-order valence-corrected chi connectivity index (χ1v) is 10.4. The summed E-state index contributed by atoms with van der Waals surface area (Å²) in [7, 11) is -3.49. The lowest BCUT2D eigenvalue weighted by Gasteiger charge is -2.24. The van der Waals surface area contributed by atoms with E-state index in [4.69, 9.17) is 4.74 Å². The molecule has 0 unspecified atom stereocenters. The molecule has 1 atom stereocenters. The zero-order chi connectivity index (χ0) is 17.3. The monoisotopic (exact) mass is 424 g/mol. The van der Waals surface area contributed by atoms with Crippen LogP contribution in [0.2, 0.25) is 0 Å². The molecule has 0 aromatic carbocycles. The van der Waals surface area contributed by atoms with E-state index in [-0.39, 0.29) is 16.2 Å².